The Labute approximate surface area is 354 Å². The highest BCUT2D eigenvalue weighted by Gasteiger charge is 2.42. The molecule has 4 unspecified atom stereocenters. The summed E-state index contributed by atoms with van der Waals surface area (Å²) in [6.07, 6.45) is 1.30. The summed E-state index contributed by atoms with van der Waals surface area (Å²) >= 11 is 0. The molecule has 0 aliphatic carbocycles. The molecule has 0 radical (unpaired) electrons. The first-order chi connectivity index (χ1) is 27.1. The first-order valence-corrected chi connectivity index (χ1v) is 21.5. The van der Waals surface area contributed by atoms with Crippen molar-refractivity contribution in [3.05, 3.63) is 35.9 Å². The number of hydrogen-bond donors (Lipinski definition) is 3. The lowest BCUT2D eigenvalue weighted by molar-refractivity contribution is -0.146. The van der Waals surface area contributed by atoms with Crippen molar-refractivity contribution in [3.63, 3.8) is 0 Å². The lowest BCUT2D eigenvalue weighted by atomic mass is 9.79. The van der Waals surface area contributed by atoms with Crippen molar-refractivity contribution in [2.24, 2.45) is 35.0 Å². The van der Waals surface area contributed by atoms with Gasteiger partial charge in [-0.05, 0) is 76.7 Å². The Kier molecular flexibility index (Phi) is 23.2. The molecule has 9 atom stereocenters. The minimum absolute atomic E-state index is 0. The third-order valence-corrected chi connectivity index (χ3v) is 12.2. The number of ether oxygens (including phenoxy) is 2. The van der Waals surface area contributed by atoms with Crippen LogP contribution in [-0.2, 0) is 39.9 Å². The zero-order valence-corrected chi connectivity index (χ0v) is 38.9. The second-order valence-corrected chi connectivity index (χ2v) is 17.8. The zero-order chi connectivity index (χ0) is 44.5. The van der Waals surface area contributed by atoms with Crippen LogP contribution in [0.2, 0.25) is 0 Å². The molecule has 12 nitrogen and oxygen atoms in total. The Bertz CT molecular complexity index is 1420. The van der Waals surface area contributed by atoms with Crippen LogP contribution in [0.5, 0.6) is 0 Å². The van der Waals surface area contributed by atoms with E-state index in [1.54, 1.807) is 26.0 Å². The standard InChI is InChI=1S/C46H81N5O7.2H2/c1-17-31(7)40(51(14)45(56)38(29(3)4)49-44(55)39(30(5)6)50(12)13)37(57-15)28-36(52)34(25-22-26-47-11)41(58-16)32(8)43(54)48-35(42(53)46(9,10)18-2)27-33-23-20-19-21-24-33;;/h19-21,23-24,29-32,34-35,37-41,47H,17-18,22,25-28H2,1-16H3,(H,48,54)(H,49,55);2*1H/t31-,32+,34?,35-,37+,38?,39?,40?,41+;;/m0../s1. The molecule has 0 saturated carbocycles. The van der Waals surface area contributed by atoms with Gasteiger partial charge in [-0.25, -0.2) is 0 Å². The highest BCUT2D eigenvalue weighted by Crippen LogP contribution is 2.30. The lowest BCUT2D eigenvalue weighted by Crippen LogP contribution is -2.59. The van der Waals surface area contributed by atoms with Crippen molar-refractivity contribution in [2.45, 2.75) is 144 Å². The van der Waals surface area contributed by atoms with E-state index < -0.39 is 53.6 Å². The minimum Gasteiger partial charge on any atom is -0.380 e. The molecule has 0 aliphatic heterocycles. The highest BCUT2D eigenvalue weighted by molar-refractivity contribution is 5.94. The average molecular weight is 820 g/mol. The van der Waals surface area contributed by atoms with Crippen LogP contribution < -0.4 is 16.0 Å². The van der Waals surface area contributed by atoms with Gasteiger partial charge in [-0.2, -0.15) is 0 Å². The van der Waals surface area contributed by atoms with Crippen molar-refractivity contribution in [1.82, 2.24) is 25.8 Å². The van der Waals surface area contributed by atoms with Gasteiger partial charge < -0.3 is 30.3 Å². The number of Topliss-reactive ketones (excluding diaryl/α,β-unsaturated/α-hetero) is 2. The van der Waals surface area contributed by atoms with Gasteiger partial charge in [-0.3, -0.25) is 28.9 Å². The number of benzene rings is 1. The topological polar surface area (TPSA) is 146 Å². The molecule has 0 aliphatic rings. The molecular formula is C46H85N5O7. The Hall–Kier alpha value is -3.19. The first kappa shape index (κ1) is 52.8. The van der Waals surface area contributed by atoms with Gasteiger partial charge in [0.05, 0.1) is 36.3 Å². The predicted octanol–water partition coefficient (Wildman–Crippen LogP) is 6.05. The van der Waals surface area contributed by atoms with E-state index in [4.69, 9.17) is 9.47 Å². The number of rotatable bonds is 28. The molecule has 0 spiro atoms. The quantitative estimate of drug-likeness (QED) is 0.0861. The lowest BCUT2D eigenvalue weighted by Gasteiger charge is -2.41. The van der Waals surface area contributed by atoms with E-state index in [9.17, 15) is 24.0 Å². The largest absolute Gasteiger partial charge is 0.380 e. The van der Waals surface area contributed by atoms with Crippen LogP contribution in [0.4, 0.5) is 0 Å². The zero-order valence-electron chi connectivity index (χ0n) is 38.9. The number of likely N-dealkylation sites (N-methyl/N-ethyl adjacent to an activating group) is 2. The molecule has 0 bridgehead atoms. The summed E-state index contributed by atoms with van der Waals surface area (Å²) in [5.41, 5.74) is 0.284. The van der Waals surface area contributed by atoms with E-state index in [2.05, 4.69) is 16.0 Å². The van der Waals surface area contributed by atoms with Crippen molar-refractivity contribution in [1.29, 1.82) is 0 Å². The van der Waals surface area contributed by atoms with Gasteiger partial charge in [0.25, 0.3) is 0 Å². The number of nitrogens with zero attached hydrogens (tertiary/aromatic N) is 2. The molecule has 0 heterocycles. The van der Waals surface area contributed by atoms with E-state index in [1.165, 1.54) is 7.11 Å². The third-order valence-electron chi connectivity index (χ3n) is 12.2. The minimum atomic E-state index is -0.791. The van der Waals surface area contributed by atoms with Gasteiger partial charge in [0, 0.05) is 41.9 Å². The summed E-state index contributed by atoms with van der Waals surface area (Å²) in [7, 11) is 10.4. The van der Waals surface area contributed by atoms with Crippen molar-refractivity contribution in [3.8, 4) is 0 Å². The predicted molar refractivity (Wildman–Crippen MR) is 238 cm³/mol. The molecule has 336 valence electrons. The normalized spacial score (nSPS) is 16.8. The third kappa shape index (κ3) is 15.1. The maximum atomic E-state index is 14.6. The van der Waals surface area contributed by atoms with Gasteiger partial charge in [-0.15, -0.1) is 0 Å². The number of methoxy groups -OCH3 is 2. The molecular weight excluding hydrogens is 735 g/mol. The van der Waals surface area contributed by atoms with Crippen molar-refractivity contribution >= 4 is 29.3 Å². The van der Waals surface area contributed by atoms with E-state index in [0.29, 0.717) is 38.6 Å². The van der Waals surface area contributed by atoms with Crippen molar-refractivity contribution in [2.75, 3.05) is 49.0 Å². The highest BCUT2D eigenvalue weighted by atomic mass is 16.5. The van der Waals surface area contributed by atoms with Crippen molar-refractivity contribution < 1.29 is 36.3 Å². The summed E-state index contributed by atoms with van der Waals surface area (Å²) < 4.78 is 12.1. The van der Waals surface area contributed by atoms with Crippen LogP contribution in [0.15, 0.2) is 30.3 Å². The fourth-order valence-electron chi connectivity index (χ4n) is 8.07. The molecule has 1 rings (SSSR count). The molecule has 3 amide bonds. The van der Waals surface area contributed by atoms with Gasteiger partial charge in [-0.1, -0.05) is 106 Å². The molecule has 12 heteroatoms. The Morgan fingerprint density at radius 1 is 0.845 bits per heavy atom. The number of nitrogens with one attached hydrogen (secondary N) is 3. The second kappa shape index (κ2) is 25.4. The summed E-state index contributed by atoms with van der Waals surface area (Å²) in [6, 6.07) is 7.18. The first-order valence-electron chi connectivity index (χ1n) is 21.5. The van der Waals surface area contributed by atoms with Crippen LogP contribution in [-0.4, -0.2) is 124 Å². The number of amides is 3. The van der Waals surface area contributed by atoms with Crippen LogP contribution in [0.3, 0.4) is 0 Å². The molecule has 1 aromatic carbocycles. The van der Waals surface area contributed by atoms with E-state index in [-0.39, 0.29) is 56.3 Å². The monoisotopic (exact) mass is 820 g/mol. The van der Waals surface area contributed by atoms with Gasteiger partial charge in [0.2, 0.25) is 17.7 Å². The Morgan fingerprint density at radius 3 is 1.91 bits per heavy atom. The fourth-order valence-corrected chi connectivity index (χ4v) is 8.07. The molecule has 1 aromatic rings. The van der Waals surface area contributed by atoms with Crippen LogP contribution in [0, 0.1) is 35.0 Å². The molecule has 3 N–H and O–H groups in total. The van der Waals surface area contributed by atoms with Gasteiger partial charge in [0.1, 0.15) is 11.8 Å². The van der Waals surface area contributed by atoms with E-state index >= 15 is 0 Å². The molecule has 0 fully saturated rings. The fraction of sp³-hybridized carbons (Fsp3) is 0.761. The van der Waals surface area contributed by atoms with Crippen LogP contribution >= 0.6 is 0 Å². The summed E-state index contributed by atoms with van der Waals surface area (Å²) in [6.45, 7) is 20.0. The number of carbonyl (C=O) groups is 5. The van der Waals surface area contributed by atoms with E-state index in [0.717, 1.165) is 5.56 Å². The second-order valence-electron chi connectivity index (χ2n) is 17.8. The van der Waals surface area contributed by atoms with E-state index in [1.807, 2.05) is 119 Å². The maximum absolute atomic E-state index is 14.6. The van der Waals surface area contributed by atoms with Crippen LogP contribution in [0.1, 0.15) is 110 Å². The maximum Gasteiger partial charge on any atom is 0.245 e. The molecule has 0 aromatic heterocycles. The smallest absolute Gasteiger partial charge is 0.245 e. The number of ketones is 2. The van der Waals surface area contributed by atoms with Crippen LogP contribution in [0.25, 0.3) is 0 Å². The number of carbonyl (C=O) groups excluding carboxylic acids is 5. The molecule has 0 saturated heterocycles. The summed E-state index contributed by atoms with van der Waals surface area (Å²) in [5.74, 6) is -2.67. The SMILES string of the molecule is CC[C@H](C)C([C@@H](CC(=O)C(CCCNC)[C@H](OC)[C@@H](C)C(=O)N[C@@H](Cc1ccccc1)C(=O)C(C)(C)CC)OC)N(C)C(=O)C(NC(=O)C(C(C)C)N(C)C)C(C)C.[HH].[HH]. The average Bonchev–Trinajstić information content (AvgIpc) is 3.17. The summed E-state index contributed by atoms with van der Waals surface area (Å²) in [4.78, 5) is 74.1. The summed E-state index contributed by atoms with van der Waals surface area (Å²) in [5, 5.41) is 9.26. The Balaban J connectivity index is 0. The molecule has 58 heavy (non-hydrogen) atoms. The number of hydrogen-bond acceptors (Lipinski definition) is 9. The Morgan fingerprint density at radius 2 is 1.45 bits per heavy atom. The van der Waals surface area contributed by atoms with Gasteiger partial charge >= 0.3 is 0 Å². The van der Waals surface area contributed by atoms with Gasteiger partial charge in [0.15, 0.2) is 5.78 Å².